The molecule has 5 heteroatoms. The molecule has 0 aromatic heterocycles. The quantitative estimate of drug-likeness (QED) is 0.415. The van der Waals surface area contributed by atoms with Crippen molar-refractivity contribution in [2.75, 3.05) is 0 Å². The van der Waals surface area contributed by atoms with E-state index in [1.165, 1.54) is 0 Å². The number of nitrogens with two attached hydrogens (primary N) is 2. The van der Waals surface area contributed by atoms with Gasteiger partial charge in [0.15, 0.2) is 0 Å². The minimum absolute atomic E-state index is 0. The first kappa shape index (κ1) is 13.4. The van der Waals surface area contributed by atoms with Crippen molar-refractivity contribution in [3.8, 4) is 0 Å². The minimum Gasteiger partial charge on any atom is -1.00 e. The molecule has 13 heavy (non-hydrogen) atoms. The molecule has 1 fully saturated rings. The summed E-state index contributed by atoms with van der Waals surface area (Å²) in [6.45, 7) is 0. The fraction of sp³-hybridized carbons (Fsp3) is 0.875. The average molecular weight is 196 g/mol. The summed E-state index contributed by atoms with van der Waals surface area (Å²) in [5, 5.41) is 8.61. The van der Waals surface area contributed by atoms with Crippen molar-refractivity contribution in [1.82, 2.24) is 0 Å². The molecule has 5 N–H and O–H groups in total. The number of aliphatic carboxylic acids is 1. The maximum atomic E-state index is 10.5. The summed E-state index contributed by atoms with van der Waals surface area (Å²) < 4.78 is 0. The van der Waals surface area contributed by atoms with Crippen LogP contribution in [0.5, 0.6) is 0 Å². The van der Waals surface area contributed by atoms with Crippen molar-refractivity contribution in [3.63, 3.8) is 0 Å². The largest absolute Gasteiger partial charge is 1.00 e. The van der Waals surface area contributed by atoms with Gasteiger partial charge in [-0.25, -0.2) is 0 Å². The third-order valence-electron chi connectivity index (χ3n) is 2.63. The number of carboxylic acid groups (broad SMARTS) is 1. The fourth-order valence-corrected chi connectivity index (χ4v) is 1.79. The Bertz CT molecular complexity index is 194. The predicted octanol–water partition coefficient (Wildman–Crippen LogP) is -2.82. The summed E-state index contributed by atoms with van der Waals surface area (Å²) in [4.78, 5) is 10.5. The van der Waals surface area contributed by atoms with Gasteiger partial charge in [-0.2, -0.15) is 0 Å². The second-order valence-electron chi connectivity index (χ2n) is 3.66. The molecule has 0 heterocycles. The van der Waals surface area contributed by atoms with E-state index in [9.17, 15) is 4.79 Å². The maximum Gasteiger partial charge on any atom is 1.00 e. The molecule has 0 aliphatic heterocycles. The van der Waals surface area contributed by atoms with Crippen LogP contribution in [-0.4, -0.2) is 22.7 Å². The standard InChI is InChI=1S/C8H16N2O2.Na.H/c9-6-3-1-2-4-8(6,10)5-7(11)12;;/h6H,1-5,9-10H2,(H,11,12);;/q;+1;-1. The van der Waals surface area contributed by atoms with Crippen LogP contribution in [0.15, 0.2) is 0 Å². The summed E-state index contributed by atoms with van der Waals surface area (Å²) in [6, 6.07) is -0.151. The summed E-state index contributed by atoms with van der Waals surface area (Å²) >= 11 is 0. The monoisotopic (exact) mass is 196 g/mol. The molecule has 0 aromatic rings. The molecule has 0 aromatic carbocycles. The van der Waals surface area contributed by atoms with E-state index in [1.807, 2.05) is 0 Å². The van der Waals surface area contributed by atoms with Gasteiger partial charge in [0.05, 0.1) is 6.42 Å². The molecule has 72 valence electrons. The molecular weight excluding hydrogens is 179 g/mol. The first-order valence-electron chi connectivity index (χ1n) is 4.31. The second-order valence-corrected chi connectivity index (χ2v) is 3.66. The number of hydrogen-bond donors (Lipinski definition) is 3. The molecule has 2 unspecified atom stereocenters. The van der Waals surface area contributed by atoms with Crippen molar-refractivity contribution >= 4 is 5.97 Å². The predicted molar refractivity (Wildman–Crippen MR) is 46.7 cm³/mol. The van der Waals surface area contributed by atoms with Crippen molar-refractivity contribution in [2.45, 2.75) is 43.7 Å². The van der Waals surface area contributed by atoms with Crippen LogP contribution in [0.1, 0.15) is 33.5 Å². The molecule has 2 atom stereocenters. The Morgan fingerprint density at radius 1 is 1.62 bits per heavy atom. The minimum atomic E-state index is -0.852. The number of carboxylic acids is 1. The van der Waals surface area contributed by atoms with Crippen LogP contribution in [0.2, 0.25) is 0 Å². The third kappa shape index (κ3) is 3.56. The zero-order valence-electron chi connectivity index (χ0n) is 9.12. The third-order valence-corrected chi connectivity index (χ3v) is 2.63. The van der Waals surface area contributed by atoms with Crippen LogP contribution in [0.3, 0.4) is 0 Å². The van der Waals surface area contributed by atoms with Crippen molar-refractivity contribution in [2.24, 2.45) is 11.5 Å². The summed E-state index contributed by atoms with van der Waals surface area (Å²) in [5.74, 6) is -0.852. The zero-order chi connectivity index (χ0) is 9.19. The Morgan fingerprint density at radius 3 is 2.69 bits per heavy atom. The fourth-order valence-electron chi connectivity index (χ4n) is 1.79. The van der Waals surface area contributed by atoms with Gasteiger partial charge in [-0.15, -0.1) is 0 Å². The molecule has 0 saturated heterocycles. The first-order valence-corrected chi connectivity index (χ1v) is 4.31. The summed E-state index contributed by atoms with van der Waals surface area (Å²) in [6.07, 6.45) is 3.65. The van der Waals surface area contributed by atoms with Gasteiger partial charge < -0.3 is 18.0 Å². The van der Waals surface area contributed by atoms with E-state index >= 15 is 0 Å². The van der Waals surface area contributed by atoms with E-state index in [4.69, 9.17) is 16.6 Å². The van der Waals surface area contributed by atoms with Gasteiger partial charge in [-0.3, -0.25) is 4.79 Å². The van der Waals surface area contributed by atoms with Crippen LogP contribution in [0, 0.1) is 0 Å². The normalized spacial score (nSPS) is 33.5. The molecule has 0 bridgehead atoms. The Kier molecular flexibility index (Phi) is 5.47. The Hall–Kier alpha value is 0.390. The zero-order valence-corrected chi connectivity index (χ0v) is 10.1. The Labute approximate surface area is 102 Å². The van der Waals surface area contributed by atoms with Gasteiger partial charge in [-0.05, 0) is 12.8 Å². The van der Waals surface area contributed by atoms with E-state index in [0.29, 0.717) is 0 Å². The smallest absolute Gasteiger partial charge is 1.00 e. The molecule has 0 radical (unpaired) electrons. The number of carbonyl (C=O) groups is 1. The van der Waals surface area contributed by atoms with Crippen LogP contribution >= 0.6 is 0 Å². The molecule has 4 nitrogen and oxygen atoms in total. The van der Waals surface area contributed by atoms with Crippen molar-refractivity contribution in [3.05, 3.63) is 0 Å². The van der Waals surface area contributed by atoms with E-state index in [2.05, 4.69) is 0 Å². The van der Waals surface area contributed by atoms with Crippen molar-refractivity contribution in [1.29, 1.82) is 0 Å². The molecule has 1 aliphatic carbocycles. The van der Waals surface area contributed by atoms with Gasteiger partial charge in [0.1, 0.15) is 0 Å². The maximum absolute atomic E-state index is 10.5. The SMILES string of the molecule is NC1CCCCC1(N)CC(=O)O.[H-].[Na+]. The molecule has 1 saturated carbocycles. The van der Waals surface area contributed by atoms with E-state index in [1.54, 1.807) is 0 Å². The molecule has 0 amide bonds. The summed E-state index contributed by atoms with van der Waals surface area (Å²) in [7, 11) is 0. The van der Waals surface area contributed by atoms with Crippen LogP contribution < -0.4 is 41.0 Å². The van der Waals surface area contributed by atoms with E-state index in [-0.39, 0.29) is 43.4 Å². The van der Waals surface area contributed by atoms with Crippen LogP contribution in [0.25, 0.3) is 0 Å². The molecule has 0 spiro atoms. The van der Waals surface area contributed by atoms with Crippen LogP contribution in [0.4, 0.5) is 0 Å². The van der Waals surface area contributed by atoms with Crippen molar-refractivity contribution < 1.29 is 40.9 Å². The summed E-state index contributed by atoms with van der Waals surface area (Å²) in [5.41, 5.74) is 11.0. The van der Waals surface area contributed by atoms with E-state index < -0.39 is 11.5 Å². The first-order chi connectivity index (χ1) is 5.54. The Morgan fingerprint density at radius 2 is 2.23 bits per heavy atom. The van der Waals surface area contributed by atoms with Crippen LogP contribution in [-0.2, 0) is 4.79 Å². The van der Waals surface area contributed by atoms with Gasteiger partial charge in [0.25, 0.3) is 0 Å². The van der Waals surface area contributed by atoms with Gasteiger partial charge in [0, 0.05) is 11.6 Å². The van der Waals surface area contributed by atoms with Gasteiger partial charge in [0.2, 0.25) is 0 Å². The molecule has 1 aliphatic rings. The molecular formula is C8H17N2NaO2. The van der Waals surface area contributed by atoms with Gasteiger partial charge in [-0.1, -0.05) is 12.8 Å². The number of hydrogen-bond acceptors (Lipinski definition) is 3. The average Bonchev–Trinajstić information content (AvgIpc) is 1.94. The molecule has 1 rings (SSSR count). The van der Waals surface area contributed by atoms with Gasteiger partial charge >= 0.3 is 35.5 Å². The topological polar surface area (TPSA) is 89.3 Å². The van der Waals surface area contributed by atoms with E-state index in [0.717, 1.165) is 25.7 Å². The number of rotatable bonds is 2. The second kappa shape index (κ2) is 5.32. The Balaban J connectivity index is 0.